The Balaban J connectivity index is 1.58. The van der Waals surface area contributed by atoms with Crippen LogP contribution in [-0.2, 0) is 11.2 Å². The molecule has 0 unspecified atom stereocenters. The number of nitriles is 1. The number of amides is 1. The van der Waals surface area contributed by atoms with Gasteiger partial charge in [-0.05, 0) is 54.1 Å². The Morgan fingerprint density at radius 2 is 1.82 bits per heavy atom. The monoisotopic (exact) mass is 489 g/mol. The van der Waals surface area contributed by atoms with Crippen molar-refractivity contribution in [1.82, 2.24) is 14.8 Å². The van der Waals surface area contributed by atoms with Gasteiger partial charge in [0, 0.05) is 16.4 Å². The fraction of sp³-hybridized carbons (Fsp3) is 0.120. The number of anilines is 1. The Kier molecular flexibility index (Phi) is 7.48. The normalized spacial score (nSPS) is 10.5. The summed E-state index contributed by atoms with van der Waals surface area (Å²) in [6.45, 7) is 0. The van der Waals surface area contributed by atoms with E-state index in [-0.39, 0.29) is 11.7 Å². The molecule has 0 radical (unpaired) electrons. The van der Waals surface area contributed by atoms with Gasteiger partial charge < -0.3 is 10.1 Å². The molecule has 34 heavy (non-hydrogen) atoms. The van der Waals surface area contributed by atoms with Crippen LogP contribution in [0.25, 0.3) is 17.1 Å². The summed E-state index contributed by atoms with van der Waals surface area (Å²) in [5.74, 6) is 1.22. The van der Waals surface area contributed by atoms with Crippen LogP contribution < -0.4 is 10.1 Å². The molecule has 0 fully saturated rings. The topological polar surface area (TPSA) is 92.8 Å². The fourth-order valence-corrected chi connectivity index (χ4v) is 4.19. The molecule has 0 saturated carbocycles. The molecule has 3 aromatic carbocycles. The molecule has 1 N–H and O–H groups in total. The van der Waals surface area contributed by atoms with E-state index < -0.39 is 0 Å². The first-order valence-electron chi connectivity index (χ1n) is 10.3. The van der Waals surface area contributed by atoms with Crippen LogP contribution in [0.1, 0.15) is 5.56 Å². The molecule has 1 amide bonds. The number of carbonyl (C=O) groups is 1. The van der Waals surface area contributed by atoms with Crippen LogP contribution >= 0.6 is 23.4 Å². The number of ether oxygens (including phenoxy) is 1. The third-order valence-electron chi connectivity index (χ3n) is 4.92. The van der Waals surface area contributed by atoms with Crippen molar-refractivity contribution in [2.75, 3.05) is 18.2 Å². The van der Waals surface area contributed by atoms with E-state index in [0.717, 1.165) is 16.8 Å². The standard InChI is InChI=1S/C25H20ClN5O2S/c1-33-22-5-3-2-4-21(22)24-29-30-25(31(24)20-12-8-18(26)9-13-20)34-16-23(32)28-19-10-6-17(7-11-19)14-15-27/h2-13H,14,16H2,1H3,(H,28,32). The Labute approximate surface area is 206 Å². The van der Waals surface area contributed by atoms with Crippen molar-refractivity contribution in [3.05, 3.63) is 83.4 Å². The summed E-state index contributed by atoms with van der Waals surface area (Å²) in [4.78, 5) is 12.6. The van der Waals surface area contributed by atoms with E-state index in [2.05, 4.69) is 21.6 Å². The molecule has 0 aliphatic heterocycles. The van der Waals surface area contributed by atoms with E-state index in [1.54, 1.807) is 31.4 Å². The SMILES string of the molecule is COc1ccccc1-c1nnc(SCC(=O)Nc2ccc(CC#N)cc2)n1-c1ccc(Cl)cc1. The second-order valence-electron chi connectivity index (χ2n) is 7.19. The van der Waals surface area contributed by atoms with Gasteiger partial charge in [0.2, 0.25) is 5.91 Å². The first-order valence-corrected chi connectivity index (χ1v) is 11.7. The zero-order chi connectivity index (χ0) is 23.9. The van der Waals surface area contributed by atoms with Gasteiger partial charge in [0.15, 0.2) is 11.0 Å². The molecule has 0 bridgehead atoms. The number of benzene rings is 3. The van der Waals surface area contributed by atoms with E-state index >= 15 is 0 Å². The Hall–Kier alpha value is -3.80. The molecule has 4 aromatic rings. The van der Waals surface area contributed by atoms with Gasteiger partial charge >= 0.3 is 0 Å². The predicted molar refractivity (Wildman–Crippen MR) is 133 cm³/mol. The van der Waals surface area contributed by atoms with Crippen molar-refractivity contribution < 1.29 is 9.53 Å². The number of halogens is 1. The van der Waals surface area contributed by atoms with Gasteiger partial charge in [0.1, 0.15) is 5.75 Å². The Morgan fingerprint density at radius 1 is 1.09 bits per heavy atom. The highest BCUT2D eigenvalue weighted by molar-refractivity contribution is 7.99. The molecule has 9 heteroatoms. The first-order chi connectivity index (χ1) is 16.6. The number of nitrogens with zero attached hydrogens (tertiary/aromatic N) is 4. The summed E-state index contributed by atoms with van der Waals surface area (Å²) in [6.07, 6.45) is 0.332. The van der Waals surface area contributed by atoms with Gasteiger partial charge in [-0.1, -0.05) is 47.6 Å². The summed E-state index contributed by atoms with van der Waals surface area (Å²) in [7, 11) is 1.61. The number of aromatic nitrogens is 3. The van der Waals surface area contributed by atoms with Gasteiger partial charge in [-0.3, -0.25) is 9.36 Å². The Bertz CT molecular complexity index is 1330. The number of hydrogen-bond donors (Lipinski definition) is 1. The number of para-hydroxylation sites is 1. The van der Waals surface area contributed by atoms with Gasteiger partial charge in [-0.25, -0.2) is 0 Å². The largest absolute Gasteiger partial charge is 0.496 e. The number of nitrogens with one attached hydrogen (secondary N) is 1. The molecule has 1 heterocycles. The number of rotatable bonds is 8. The van der Waals surface area contributed by atoms with Crippen LogP contribution in [0.3, 0.4) is 0 Å². The fourth-order valence-electron chi connectivity index (χ4n) is 3.31. The van der Waals surface area contributed by atoms with Crippen LogP contribution in [-0.4, -0.2) is 33.5 Å². The number of methoxy groups -OCH3 is 1. The molecule has 0 atom stereocenters. The highest BCUT2D eigenvalue weighted by Crippen LogP contribution is 2.33. The third-order valence-corrected chi connectivity index (χ3v) is 6.10. The first kappa shape index (κ1) is 23.4. The maximum Gasteiger partial charge on any atom is 0.234 e. The predicted octanol–water partition coefficient (Wildman–Crippen LogP) is 5.39. The quantitative estimate of drug-likeness (QED) is 0.333. The average Bonchev–Trinajstić information content (AvgIpc) is 3.28. The summed E-state index contributed by atoms with van der Waals surface area (Å²) in [6, 6.07) is 24.2. The molecule has 0 aliphatic carbocycles. The van der Waals surface area contributed by atoms with E-state index in [0.29, 0.717) is 33.9 Å². The highest BCUT2D eigenvalue weighted by Gasteiger charge is 2.19. The molecular formula is C25H20ClN5O2S. The summed E-state index contributed by atoms with van der Waals surface area (Å²) in [5, 5.41) is 21.6. The number of thioether (sulfide) groups is 1. The van der Waals surface area contributed by atoms with Crippen molar-refractivity contribution >= 4 is 35.0 Å². The summed E-state index contributed by atoms with van der Waals surface area (Å²) >= 11 is 7.36. The van der Waals surface area contributed by atoms with Crippen LogP contribution in [0.5, 0.6) is 5.75 Å². The Morgan fingerprint density at radius 3 is 2.53 bits per heavy atom. The number of hydrogen-bond acceptors (Lipinski definition) is 6. The number of carbonyl (C=O) groups excluding carboxylic acids is 1. The lowest BCUT2D eigenvalue weighted by atomic mass is 10.1. The minimum absolute atomic E-state index is 0.137. The lowest BCUT2D eigenvalue weighted by Crippen LogP contribution is -2.14. The van der Waals surface area contributed by atoms with Crippen LogP contribution in [0.15, 0.2) is 78.0 Å². The lowest BCUT2D eigenvalue weighted by Gasteiger charge is -2.12. The highest BCUT2D eigenvalue weighted by atomic mass is 35.5. The van der Waals surface area contributed by atoms with Gasteiger partial charge in [0.05, 0.1) is 30.9 Å². The van der Waals surface area contributed by atoms with Crippen LogP contribution in [0.2, 0.25) is 5.02 Å². The van der Waals surface area contributed by atoms with Crippen LogP contribution in [0, 0.1) is 11.3 Å². The van der Waals surface area contributed by atoms with Crippen molar-refractivity contribution in [3.8, 4) is 28.9 Å². The van der Waals surface area contributed by atoms with Crippen molar-refractivity contribution in [3.63, 3.8) is 0 Å². The average molecular weight is 490 g/mol. The molecule has 0 spiro atoms. The zero-order valence-electron chi connectivity index (χ0n) is 18.2. The van der Waals surface area contributed by atoms with E-state index in [1.807, 2.05) is 53.1 Å². The maximum absolute atomic E-state index is 12.6. The minimum Gasteiger partial charge on any atom is -0.496 e. The zero-order valence-corrected chi connectivity index (χ0v) is 19.8. The van der Waals surface area contributed by atoms with Crippen molar-refractivity contribution in [2.45, 2.75) is 11.6 Å². The summed E-state index contributed by atoms with van der Waals surface area (Å²) < 4.78 is 7.39. The van der Waals surface area contributed by atoms with Gasteiger partial charge in [0.25, 0.3) is 0 Å². The summed E-state index contributed by atoms with van der Waals surface area (Å²) in [5.41, 5.74) is 3.16. The second kappa shape index (κ2) is 10.9. The van der Waals surface area contributed by atoms with E-state index in [1.165, 1.54) is 11.8 Å². The molecule has 170 valence electrons. The lowest BCUT2D eigenvalue weighted by molar-refractivity contribution is -0.113. The molecule has 0 saturated heterocycles. The third kappa shape index (κ3) is 5.39. The van der Waals surface area contributed by atoms with Gasteiger partial charge in [-0.2, -0.15) is 5.26 Å². The molecule has 0 aliphatic rings. The molecule has 7 nitrogen and oxygen atoms in total. The minimum atomic E-state index is -0.178. The maximum atomic E-state index is 12.6. The van der Waals surface area contributed by atoms with Crippen molar-refractivity contribution in [1.29, 1.82) is 5.26 Å². The van der Waals surface area contributed by atoms with Gasteiger partial charge in [-0.15, -0.1) is 10.2 Å². The van der Waals surface area contributed by atoms with Crippen molar-refractivity contribution in [2.24, 2.45) is 0 Å². The molecular weight excluding hydrogens is 470 g/mol. The van der Waals surface area contributed by atoms with Crippen LogP contribution in [0.4, 0.5) is 5.69 Å². The smallest absolute Gasteiger partial charge is 0.234 e. The van der Waals surface area contributed by atoms with E-state index in [4.69, 9.17) is 21.6 Å². The second-order valence-corrected chi connectivity index (χ2v) is 8.57. The molecule has 4 rings (SSSR count). The molecule has 1 aromatic heterocycles. The van der Waals surface area contributed by atoms with E-state index in [9.17, 15) is 4.79 Å².